The average Bonchev–Trinajstić information content (AvgIpc) is 2.70. The fourth-order valence-electron chi connectivity index (χ4n) is 1.30. The SMILES string of the molecule is CC1CC1c1noc(C(F)(F)CN)n1. The van der Waals surface area contributed by atoms with Gasteiger partial charge in [-0.2, -0.15) is 13.8 Å². The number of hydrogen-bond acceptors (Lipinski definition) is 4. The average molecular weight is 203 g/mol. The Morgan fingerprint density at radius 1 is 1.64 bits per heavy atom. The van der Waals surface area contributed by atoms with Crippen LogP contribution in [0.5, 0.6) is 0 Å². The largest absolute Gasteiger partial charge is 0.336 e. The van der Waals surface area contributed by atoms with Crippen LogP contribution in [0.3, 0.4) is 0 Å². The number of nitrogens with two attached hydrogens (primary N) is 1. The van der Waals surface area contributed by atoms with Crippen molar-refractivity contribution in [2.24, 2.45) is 11.7 Å². The second kappa shape index (κ2) is 2.98. The second-order valence-corrected chi connectivity index (χ2v) is 3.69. The Morgan fingerprint density at radius 2 is 2.29 bits per heavy atom. The van der Waals surface area contributed by atoms with Crippen LogP contribution in [0.15, 0.2) is 4.52 Å². The summed E-state index contributed by atoms with van der Waals surface area (Å²) in [5.74, 6) is -2.86. The molecule has 0 bridgehead atoms. The van der Waals surface area contributed by atoms with Crippen LogP contribution in [0.4, 0.5) is 8.78 Å². The van der Waals surface area contributed by atoms with Crippen molar-refractivity contribution in [3.63, 3.8) is 0 Å². The maximum atomic E-state index is 13.0. The molecule has 6 heteroatoms. The molecule has 0 amide bonds. The van der Waals surface area contributed by atoms with Gasteiger partial charge in [-0.3, -0.25) is 0 Å². The van der Waals surface area contributed by atoms with Crippen LogP contribution in [0.25, 0.3) is 0 Å². The van der Waals surface area contributed by atoms with E-state index < -0.39 is 18.4 Å². The van der Waals surface area contributed by atoms with Crippen molar-refractivity contribution in [2.45, 2.75) is 25.2 Å². The molecule has 0 spiro atoms. The Bertz CT molecular complexity index is 339. The molecule has 0 saturated heterocycles. The predicted molar refractivity (Wildman–Crippen MR) is 43.8 cm³/mol. The van der Waals surface area contributed by atoms with Crippen molar-refractivity contribution in [3.05, 3.63) is 11.7 Å². The number of hydrogen-bond donors (Lipinski definition) is 1. The van der Waals surface area contributed by atoms with Gasteiger partial charge in [-0.05, 0) is 12.3 Å². The van der Waals surface area contributed by atoms with Crippen LogP contribution in [0.2, 0.25) is 0 Å². The Balaban J connectivity index is 2.17. The number of nitrogens with zero attached hydrogens (tertiary/aromatic N) is 2. The molecule has 2 atom stereocenters. The van der Waals surface area contributed by atoms with Gasteiger partial charge in [-0.25, -0.2) is 0 Å². The van der Waals surface area contributed by atoms with Crippen molar-refractivity contribution in [3.8, 4) is 0 Å². The first-order chi connectivity index (χ1) is 6.54. The third-order valence-corrected chi connectivity index (χ3v) is 2.45. The van der Waals surface area contributed by atoms with Crippen molar-refractivity contribution >= 4 is 0 Å². The summed E-state index contributed by atoms with van der Waals surface area (Å²) in [6.45, 7) is 1.20. The smallest absolute Gasteiger partial charge is 0.333 e. The first-order valence-electron chi connectivity index (χ1n) is 4.46. The zero-order valence-corrected chi connectivity index (χ0v) is 7.70. The molecule has 2 rings (SSSR count). The van der Waals surface area contributed by atoms with Gasteiger partial charge in [0.1, 0.15) is 0 Å². The van der Waals surface area contributed by atoms with Gasteiger partial charge in [-0.1, -0.05) is 12.1 Å². The van der Waals surface area contributed by atoms with Gasteiger partial charge in [0.05, 0.1) is 6.54 Å². The van der Waals surface area contributed by atoms with Crippen molar-refractivity contribution < 1.29 is 13.3 Å². The van der Waals surface area contributed by atoms with E-state index in [9.17, 15) is 8.78 Å². The van der Waals surface area contributed by atoms with Gasteiger partial charge in [0.2, 0.25) is 0 Å². The molecule has 0 radical (unpaired) electrons. The first kappa shape index (κ1) is 9.51. The quantitative estimate of drug-likeness (QED) is 0.802. The molecule has 1 aromatic rings. The molecule has 0 aromatic carbocycles. The van der Waals surface area contributed by atoms with Gasteiger partial charge in [0.25, 0.3) is 5.89 Å². The lowest BCUT2D eigenvalue weighted by atomic mass is 10.3. The molecule has 78 valence electrons. The van der Waals surface area contributed by atoms with Crippen LogP contribution < -0.4 is 5.73 Å². The van der Waals surface area contributed by atoms with Crippen molar-refractivity contribution in [1.29, 1.82) is 0 Å². The maximum Gasteiger partial charge on any atom is 0.336 e. The van der Waals surface area contributed by atoms with Gasteiger partial charge < -0.3 is 10.3 Å². The summed E-state index contributed by atoms with van der Waals surface area (Å²) in [5.41, 5.74) is 4.89. The molecule has 2 N–H and O–H groups in total. The molecule has 14 heavy (non-hydrogen) atoms. The normalized spacial score (nSPS) is 26.6. The van der Waals surface area contributed by atoms with Gasteiger partial charge in [-0.15, -0.1) is 0 Å². The molecule has 4 nitrogen and oxygen atoms in total. The van der Waals surface area contributed by atoms with E-state index in [1.54, 1.807) is 0 Å². The highest BCUT2D eigenvalue weighted by Crippen LogP contribution is 2.45. The Kier molecular flexibility index (Phi) is 2.02. The molecule has 0 aliphatic heterocycles. The zero-order chi connectivity index (χ0) is 10.3. The highest BCUT2D eigenvalue weighted by atomic mass is 19.3. The lowest BCUT2D eigenvalue weighted by Gasteiger charge is -2.06. The van der Waals surface area contributed by atoms with Gasteiger partial charge in [0, 0.05) is 5.92 Å². The standard InChI is InChI=1S/C8H11F2N3O/c1-4-2-5(4)6-12-7(14-13-6)8(9,10)3-11/h4-5H,2-3,11H2,1H3. The third-order valence-electron chi connectivity index (χ3n) is 2.45. The summed E-state index contributed by atoms with van der Waals surface area (Å²) in [6, 6.07) is 0. The Hall–Kier alpha value is -1.04. The highest BCUT2D eigenvalue weighted by molar-refractivity contribution is 5.08. The molecule has 1 fully saturated rings. The molecule has 1 aliphatic rings. The summed E-state index contributed by atoms with van der Waals surface area (Å²) in [5, 5.41) is 3.52. The van der Waals surface area contributed by atoms with E-state index in [1.165, 1.54) is 0 Å². The fraction of sp³-hybridized carbons (Fsp3) is 0.750. The van der Waals surface area contributed by atoms with E-state index in [-0.39, 0.29) is 5.92 Å². The van der Waals surface area contributed by atoms with Gasteiger partial charge >= 0.3 is 5.92 Å². The lowest BCUT2D eigenvalue weighted by molar-refractivity contribution is -0.0260. The van der Waals surface area contributed by atoms with Crippen LogP contribution in [-0.4, -0.2) is 16.7 Å². The molecule has 2 unspecified atom stereocenters. The topological polar surface area (TPSA) is 64.9 Å². The van der Waals surface area contributed by atoms with E-state index in [2.05, 4.69) is 14.7 Å². The number of halogens is 2. The molecular weight excluding hydrogens is 192 g/mol. The highest BCUT2D eigenvalue weighted by Gasteiger charge is 2.42. The van der Waals surface area contributed by atoms with E-state index in [4.69, 9.17) is 5.73 Å². The van der Waals surface area contributed by atoms with Crippen LogP contribution in [-0.2, 0) is 5.92 Å². The number of alkyl halides is 2. The minimum Gasteiger partial charge on any atom is -0.333 e. The van der Waals surface area contributed by atoms with E-state index in [0.717, 1.165) is 6.42 Å². The summed E-state index contributed by atoms with van der Waals surface area (Å²) in [6.07, 6.45) is 0.938. The predicted octanol–water partition coefficient (Wildman–Crippen LogP) is 1.24. The Morgan fingerprint density at radius 3 is 2.79 bits per heavy atom. The summed E-state index contributed by atoms with van der Waals surface area (Å²) in [4.78, 5) is 3.66. The minimum atomic E-state index is -3.20. The minimum absolute atomic E-state index is 0.182. The first-order valence-corrected chi connectivity index (χ1v) is 4.46. The van der Waals surface area contributed by atoms with Crippen LogP contribution in [0.1, 0.15) is 31.0 Å². The van der Waals surface area contributed by atoms with Gasteiger partial charge in [0.15, 0.2) is 5.82 Å². The van der Waals surface area contributed by atoms with Crippen molar-refractivity contribution in [1.82, 2.24) is 10.1 Å². The van der Waals surface area contributed by atoms with Crippen LogP contribution >= 0.6 is 0 Å². The Labute approximate surface area is 79.5 Å². The summed E-state index contributed by atoms with van der Waals surface area (Å²) in [7, 11) is 0. The van der Waals surface area contributed by atoms with Crippen molar-refractivity contribution in [2.75, 3.05) is 6.54 Å². The molecule has 1 aromatic heterocycles. The number of rotatable bonds is 3. The molecule has 1 saturated carbocycles. The monoisotopic (exact) mass is 203 g/mol. The second-order valence-electron chi connectivity index (χ2n) is 3.69. The summed E-state index contributed by atoms with van der Waals surface area (Å²) < 4.78 is 30.4. The van der Waals surface area contributed by atoms with E-state index >= 15 is 0 Å². The van der Waals surface area contributed by atoms with E-state index in [1.807, 2.05) is 6.92 Å². The summed E-state index contributed by atoms with van der Waals surface area (Å²) >= 11 is 0. The lowest BCUT2D eigenvalue weighted by Crippen LogP contribution is -2.25. The number of aromatic nitrogens is 2. The van der Waals surface area contributed by atoms with Crippen LogP contribution in [0, 0.1) is 5.92 Å². The maximum absolute atomic E-state index is 13.0. The zero-order valence-electron chi connectivity index (χ0n) is 7.70. The molecular formula is C8H11F2N3O. The third kappa shape index (κ3) is 1.50. The van der Waals surface area contributed by atoms with E-state index in [0.29, 0.717) is 11.7 Å². The molecule has 1 heterocycles. The molecule has 1 aliphatic carbocycles. The fourth-order valence-corrected chi connectivity index (χ4v) is 1.30.